The lowest BCUT2D eigenvalue weighted by Crippen LogP contribution is -2.46. The molecule has 0 aliphatic rings. The van der Waals surface area contributed by atoms with Gasteiger partial charge in [0.15, 0.2) is 0 Å². The number of nitrogens with one attached hydrogen (secondary N) is 1. The Hall–Kier alpha value is -1.66. The highest BCUT2D eigenvalue weighted by molar-refractivity contribution is 5.77. The Morgan fingerprint density at radius 1 is 0.420 bits per heavy atom. The lowest BCUT2D eigenvalue weighted by atomic mass is 10.0. The largest absolute Gasteiger partial charge is 0.462 e. The van der Waals surface area contributed by atoms with Gasteiger partial charge in [0.2, 0.25) is 5.91 Å². The maximum atomic E-state index is 13.3. The molecule has 0 aliphatic carbocycles. The Morgan fingerprint density at radius 2 is 0.739 bits per heavy atom. The summed E-state index contributed by atoms with van der Waals surface area (Å²) in [5, 5.41) is 23.9. The lowest BCUT2D eigenvalue weighted by Gasteiger charge is -2.24. The predicted octanol–water partition coefficient (Wildman–Crippen LogP) is 19.4. The molecule has 3 atom stereocenters. The van der Waals surface area contributed by atoms with Crippen LogP contribution < -0.4 is 5.32 Å². The van der Waals surface area contributed by atoms with Crippen molar-refractivity contribution in [3.05, 3.63) is 24.3 Å². The van der Waals surface area contributed by atoms with Gasteiger partial charge in [-0.2, -0.15) is 0 Å². The normalized spacial score (nSPS) is 13.2. The highest BCUT2D eigenvalue weighted by Crippen LogP contribution is 2.19. The van der Waals surface area contributed by atoms with Crippen molar-refractivity contribution in [2.75, 3.05) is 6.61 Å². The number of esters is 1. The SMILES string of the molecule is CCCCCCCCC/C=C/C=C/CCCC(CC(=O)NC(CO)C(O)CCCCCCCCCCCCCCCCCCC)OC(=O)CCCCCCCCCCCCCCCCCCCCC. The van der Waals surface area contributed by atoms with Gasteiger partial charge in [0.05, 0.1) is 25.2 Å². The van der Waals surface area contributed by atoms with Gasteiger partial charge >= 0.3 is 5.97 Å². The molecule has 0 heterocycles. The quantitative estimate of drug-likeness (QED) is 0.0321. The van der Waals surface area contributed by atoms with Crippen molar-refractivity contribution in [3.63, 3.8) is 0 Å². The zero-order valence-corrected chi connectivity index (χ0v) is 46.7. The van der Waals surface area contributed by atoms with Crippen molar-refractivity contribution in [3.8, 4) is 0 Å². The smallest absolute Gasteiger partial charge is 0.306 e. The molecule has 69 heavy (non-hydrogen) atoms. The molecule has 0 aromatic heterocycles. The Bertz CT molecular complexity index is 1090. The zero-order chi connectivity index (χ0) is 50.2. The van der Waals surface area contributed by atoms with Crippen LogP contribution in [0.25, 0.3) is 0 Å². The number of aliphatic hydroxyl groups is 2. The van der Waals surface area contributed by atoms with Gasteiger partial charge < -0.3 is 20.3 Å². The predicted molar refractivity (Wildman–Crippen MR) is 301 cm³/mol. The molecule has 0 radical (unpaired) electrons. The third kappa shape index (κ3) is 52.5. The molecule has 0 aliphatic heterocycles. The number of aliphatic hydroxyl groups excluding tert-OH is 2. The van der Waals surface area contributed by atoms with Crippen molar-refractivity contribution in [1.29, 1.82) is 0 Å². The Balaban J connectivity index is 4.49. The van der Waals surface area contributed by atoms with Gasteiger partial charge in [-0.05, 0) is 44.9 Å². The van der Waals surface area contributed by atoms with Gasteiger partial charge in [0.1, 0.15) is 6.10 Å². The molecular formula is C63H121NO5. The molecule has 6 heteroatoms. The number of rotatable bonds is 57. The number of ether oxygens (including phenoxy) is 1. The zero-order valence-electron chi connectivity index (χ0n) is 46.7. The molecule has 0 aromatic rings. The molecule has 3 unspecified atom stereocenters. The highest BCUT2D eigenvalue weighted by atomic mass is 16.5. The minimum atomic E-state index is -0.797. The minimum absolute atomic E-state index is 0.0509. The van der Waals surface area contributed by atoms with Gasteiger partial charge in [-0.25, -0.2) is 0 Å². The molecule has 0 bridgehead atoms. The topological polar surface area (TPSA) is 95.9 Å². The van der Waals surface area contributed by atoms with Crippen molar-refractivity contribution in [2.24, 2.45) is 0 Å². The van der Waals surface area contributed by atoms with Crippen molar-refractivity contribution in [2.45, 2.75) is 360 Å². The summed E-state index contributed by atoms with van der Waals surface area (Å²) in [7, 11) is 0. The Labute approximate surface area is 431 Å². The number of hydrogen-bond donors (Lipinski definition) is 3. The average molecular weight is 973 g/mol. The number of hydrogen-bond acceptors (Lipinski definition) is 5. The van der Waals surface area contributed by atoms with Crippen LogP contribution in [0, 0.1) is 0 Å². The van der Waals surface area contributed by atoms with Crippen LogP contribution in [-0.2, 0) is 14.3 Å². The number of unbranched alkanes of at least 4 members (excludes halogenated alkanes) is 42. The van der Waals surface area contributed by atoms with Gasteiger partial charge in [-0.1, -0.05) is 308 Å². The molecule has 0 spiro atoms. The number of allylic oxidation sites excluding steroid dienone is 4. The van der Waals surface area contributed by atoms with Crippen LogP contribution in [0.1, 0.15) is 342 Å². The first kappa shape index (κ1) is 67.3. The summed E-state index contributed by atoms with van der Waals surface area (Å²) >= 11 is 0. The van der Waals surface area contributed by atoms with E-state index in [0.29, 0.717) is 19.3 Å². The standard InChI is InChI=1S/C63H121NO5/c1-4-7-10-13-16-19-22-25-28-30-31-33-35-38-41-44-47-50-53-56-63(68)69-59(54-51-48-45-42-39-36-27-24-21-18-15-12-9-6-3)57-62(67)64-60(58-65)61(66)55-52-49-46-43-40-37-34-32-29-26-23-20-17-14-11-8-5-2/h36,39,42,45,59-61,65-66H,4-35,37-38,40-41,43-44,46-58H2,1-3H3,(H,64,67)/b39-36+,45-42+. The summed E-state index contributed by atoms with van der Waals surface area (Å²) < 4.78 is 5.95. The van der Waals surface area contributed by atoms with Crippen molar-refractivity contribution in [1.82, 2.24) is 5.32 Å². The maximum absolute atomic E-state index is 13.3. The van der Waals surface area contributed by atoms with E-state index in [9.17, 15) is 19.8 Å². The molecule has 0 fully saturated rings. The van der Waals surface area contributed by atoms with Crippen LogP contribution in [0.5, 0.6) is 0 Å². The monoisotopic (exact) mass is 972 g/mol. The molecule has 0 saturated carbocycles. The summed E-state index contributed by atoms with van der Waals surface area (Å²) in [5.41, 5.74) is 0. The van der Waals surface area contributed by atoms with E-state index < -0.39 is 18.2 Å². The number of carbonyl (C=O) groups excluding carboxylic acids is 2. The highest BCUT2D eigenvalue weighted by Gasteiger charge is 2.24. The molecule has 6 nitrogen and oxygen atoms in total. The van der Waals surface area contributed by atoms with E-state index in [0.717, 1.165) is 57.8 Å². The third-order valence-corrected chi connectivity index (χ3v) is 14.6. The lowest BCUT2D eigenvalue weighted by molar-refractivity contribution is -0.151. The summed E-state index contributed by atoms with van der Waals surface area (Å²) in [4.78, 5) is 26.3. The fraction of sp³-hybridized carbons (Fsp3) is 0.905. The average Bonchev–Trinajstić information content (AvgIpc) is 3.34. The van der Waals surface area contributed by atoms with Gasteiger partial charge in [0.25, 0.3) is 0 Å². The number of amides is 1. The first-order chi connectivity index (χ1) is 34.0. The minimum Gasteiger partial charge on any atom is -0.462 e. The van der Waals surface area contributed by atoms with E-state index in [-0.39, 0.29) is 24.9 Å². The van der Waals surface area contributed by atoms with E-state index >= 15 is 0 Å². The second-order valence-corrected chi connectivity index (χ2v) is 21.5. The van der Waals surface area contributed by atoms with E-state index in [2.05, 4.69) is 50.4 Å². The molecule has 0 rings (SSSR count). The fourth-order valence-corrected chi connectivity index (χ4v) is 9.84. The van der Waals surface area contributed by atoms with Crippen molar-refractivity contribution >= 4 is 11.9 Å². The first-order valence-corrected chi connectivity index (χ1v) is 31.1. The summed E-state index contributed by atoms with van der Waals surface area (Å²) in [6.07, 6.45) is 68.3. The van der Waals surface area contributed by atoms with Gasteiger partial charge in [-0.3, -0.25) is 9.59 Å². The van der Waals surface area contributed by atoms with Crippen LogP contribution in [-0.4, -0.2) is 46.9 Å². The molecule has 0 aromatic carbocycles. The summed E-state index contributed by atoms with van der Waals surface area (Å²) in [6, 6.07) is -0.713. The second kappa shape index (κ2) is 57.2. The van der Waals surface area contributed by atoms with E-state index in [4.69, 9.17) is 4.74 Å². The molecule has 1 amide bonds. The van der Waals surface area contributed by atoms with Gasteiger partial charge in [0, 0.05) is 6.42 Å². The van der Waals surface area contributed by atoms with Crippen LogP contribution >= 0.6 is 0 Å². The third-order valence-electron chi connectivity index (χ3n) is 14.6. The summed E-state index contributed by atoms with van der Waals surface area (Å²) in [6.45, 7) is 6.52. The first-order valence-electron chi connectivity index (χ1n) is 31.1. The molecule has 0 saturated heterocycles. The maximum Gasteiger partial charge on any atom is 0.306 e. The molecule has 408 valence electrons. The van der Waals surface area contributed by atoms with E-state index in [1.807, 2.05) is 0 Å². The van der Waals surface area contributed by atoms with Crippen LogP contribution in [0.2, 0.25) is 0 Å². The van der Waals surface area contributed by atoms with E-state index in [1.54, 1.807) is 0 Å². The summed E-state index contributed by atoms with van der Waals surface area (Å²) in [5.74, 6) is -0.498. The van der Waals surface area contributed by atoms with E-state index in [1.165, 1.54) is 238 Å². The molecular weight excluding hydrogens is 851 g/mol. The second-order valence-electron chi connectivity index (χ2n) is 21.5. The molecule has 3 N–H and O–H groups in total. The van der Waals surface area contributed by atoms with Crippen LogP contribution in [0.4, 0.5) is 0 Å². The Morgan fingerprint density at radius 3 is 1.10 bits per heavy atom. The van der Waals surface area contributed by atoms with Crippen LogP contribution in [0.15, 0.2) is 24.3 Å². The van der Waals surface area contributed by atoms with Gasteiger partial charge in [-0.15, -0.1) is 0 Å². The fourth-order valence-electron chi connectivity index (χ4n) is 9.84. The Kier molecular flexibility index (Phi) is 55.9. The van der Waals surface area contributed by atoms with Crippen LogP contribution in [0.3, 0.4) is 0 Å². The number of carbonyl (C=O) groups is 2. The van der Waals surface area contributed by atoms with Crippen molar-refractivity contribution < 1.29 is 24.5 Å².